The molecule has 4 heterocycles. The number of hydrogen-bond acceptors (Lipinski definition) is 8. The van der Waals surface area contributed by atoms with Crippen LogP contribution in [0.2, 0.25) is 0 Å². The number of cyclic esters (lactones) is 1. The third kappa shape index (κ3) is 2.82. The Kier molecular flexibility index (Phi) is 4.38. The number of aromatic nitrogens is 2. The quantitative estimate of drug-likeness (QED) is 0.310. The second-order valence-electron chi connectivity index (χ2n) is 7.50. The van der Waals surface area contributed by atoms with Crippen molar-refractivity contribution in [2.24, 2.45) is 0 Å². The number of hydrogen-bond donors (Lipinski definition) is 3. The van der Waals surface area contributed by atoms with Crippen molar-refractivity contribution in [3.63, 3.8) is 0 Å². The van der Waals surface area contributed by atoms with E-state index in [9.17, 15) is 23.9 Å². The van der Waals surface area contributed by atoms with Crippen LogP contribution in [0.25, 0.3) is 22.3 Å². The van der Waals surface area contributed by atoms with Crippen molar-refractivity contribution < 1.29 is 28.6 Å². The Morgan fingerprint density at radius 3 is 2.91 bits per heavy atom. The Hall–Kier alpha value is -3.99. The predicted octanol–water partition coefficient (Wildman–Crippen LogP) is 1.09. The van der Waals surface area contributed by atoms with Gasteiger partial charge in [0.25, 0.3) is 5.56 Å². The zero-order chi connectivity index (χ0) is 22.7. The number of carbonyl (C=O) groups is 2. The molecule has 2 aromatic heterocycles. The molecule has 0 saturated carbocycles. The van der Waals surface area contributed by atoms with Gasteiger partial charge in [-0.25, -0.2) is 19.0 Å². The largest absolute Gasteiger partial charge is 0.458 e. The smallest absolute Gasteiger partial charge is 0.407 e. The molecule has 1 amide bonds. The molecule has 11 heteroatoms. The van der Waals surface area contributed by atoms with E-state index in [2.05, 4.69) is 10.3 Å². The first-order valence-corrected chi connectivity index (χ1v) is 9.66. The number of fused-ring (bicyclic) bond motifs is 5. The molecule has 32 heavy (non-hydrogen) atoms. The summed E-state index contributed by atoms with van der Waals surface area (Å²) in [6.45, 7) is -0.309. The van der Waals surface area contributed by atoms with Crippen LogP contribution in [0.5, 0.6) is 0 Å². The van der Waals surface area contributed by atoms with Gasteiger partial charge in [0.2, 0.25) is 0 Å². The minimum atomic E-state index is -1.59. The van der Waals surface area contributed by atoms with E-state index < -0.39 is 29.5 Å². The zero-order valence-electron chi connectivity index (χ0n) is 16.8. The lowest BCUT2D eigenvalue weighted by Crippen LogP contribution is -2.32. The number of halogens is 1. The summed E-state index contributed by atoms with van der Waals surface area (Å²) in [4.78, 5) is 41.1. The van der Waals surface area contributed by atoms with E-state index in [1.54, 1.807) is 0 Å². The number of pyridine rings is 2. The third-order valence-electron chi connectivity index (χ3n) is 5.74. The number of ether oxygens (including phenoxy) is 2. The van der Waals surface area contributed by atoms with Gasteiger partial charge in [0.05, 0.1) is 34.7 Å². The third-order valence-corrected chi connectivity index (χ3v) is 5.74. The first-order valence-electron chi connectivity index (χ1n) is 9.66. The van der Waals surface area contributed by atoms with Crippen LogP contribution in [-0.4, -0.2) is 33.8 Å². The van der Waals surface area contributed by atoms with Crippen LogP contribution in [0.15, 0.2) is 23.0 Å². The minimum Gasteiger partial charge on any atom is -0.458 e. The van der Waals surface area contributed by atoms with Crippen LogP contribution in [0, 0.1) is 5.82 Å². The van der Waals surface area contributed by atoms with Crippen molar-refractivity contribution in [1.82, 2.24) is 14.9 Å². The van der Waals surface area contributed by atoms with Crippen molar-refractivity contribution in [3.8, 4) is 11.4 Å². The monoisotopic (exact) mass is 440 g/mol. The number of nitrogen functional groups attached to an aromatic ring is 1. The van der Waals surface area contributed by atoms with E-state index in [0.717, 1.165) is 0 Å². The molecule has 2 aliphatic heterocycles. The Bertz CT molecular complexity index is 1400. The van der Waals surface area contributed by atoms with Crippen molar-refractivity contribution in [2.75, 3.05) is 12.8 Å². The normalized spacial score (nSPS) is 16.2. The summed E-state index contributed by atoms with van der Waals surface area (Å²) in [6, 6.07) is 4.09. The fraction of sp³-hybridized carbons (Fsp3) is 0.238. The molecule has 2 aliphatic rings. The van der Waals surface area contributed by atoms with Gasteiger partial charge in [-0.15, -0.1) is 0 Å². The minimum absolute atomic E-state index is 0.0950. The number of benzene rings is 1. The highest BCUT2D eigenvalue weighted by Gasteiger charge is 2.34. The number of aliphatic hydroxyl groups excluding tert-OH is 1. The Balaban J connectivity index is 1.76. The highest BCUT2D eigenvalue weighted by molar-refractivity contribution is 5.90. The second kappa shape index (κ2) is 7.02. The second-order valence-corrected chi connectivity index (χ2v) is 7.50. The standard InChI is InChI=1S/C21H17FN4O6/c1-24-21(30)32-6-11-8-2-14(23)13(22)4-15(8)25-17-10(11)5-26-16(17)3-9-12(19(26)28)7-31-20(29)18(9)27/h2-4,18,27H,5-7,23H2,1H3,(H,24,30). The first kappa shape index (κ1) is 19.9. The summed E-state index contributed by atoms with van der Waals surface area (Å²) in [6.07, 6.45) is -2.25. The molecule has 0 fully saturated rings. The fourth-order valence-corrected chi connectivity index (χ4v) is 4.12. The molecule has 0 saturated heterocycles. The topological polar surface area (TPSA) is 146 Å². The van der Waals surface area contributed by atoms with Crippen LogP contribution in [0.4, 0.5) is 14.9 Å². The highest BCUT2D eigenvalue weighted by atomic mass is 19.1. The maximum absolute atomic E-state index is 14.2. The van der Waals surface area contributed by atoms with Gasteiger partial charge < -0.3 is 30.2 Å². The van der Waals surface area contributed by atoms with Gasteiger partial charge in [-0.2, -0.15) is 0 Å². The van der Waals surface area contributed by atoms with Crippen molar-refractivity contribution in [3.05, 3.63) is 56.6 Å². The molecule has 10 nitrogen and oxygen atoms in total. The average Bonchev–Trinajstić information content (AvgIpc) is 3.14. The summed E-state index contributed by atoms with van der Waals surface area (Å²) in [5.41, 5.74) is 7.64. The number of rotatable bonds is 2. The number of nitrogens with one attached hydrogen (secondary N) is 1. The number of aliphatic hydroxyl groups is 1. The van der Waals surface area contributed by atoms with Gasteiger partial charge in [-0.1, -0.05) is 0 Å². The SMILES string of the molecule is CNC(=O)OCc1c2c(nc3cc(F)c(N)cc13)-c1cc3c(c(=O)n1C2)COC(=O)C3O. The van der Waals surface area contributed by atoms with Gasteiger partial charge in [0, 0.05) is 35.2 Å². The van der Waals surface area contributed by atoms with Gasteiger partial charge in [0.1, 0.15) is 19.0 Å². The van der Waals surface area contributed by atoms with Crippen LogP contribution in [0.3, 0.4) is 0 Å². The average molecular weight is 440 g/mol. The number of nitrogens with zero attached hydrogens (tertiary/aromatic N) is 2. The molecular weight excluding hydrogens is 423 g/mol. The van der Waals surface area contributed by atoms with Gasteiger partial charge >= 0.3 is 12.1 Å². The van der Waals surface area contributed by atoms with E-state index in [1.807, 2.05) is 0 Å². The molecule has 5 rings (SSSR count). The Morgan fingerprint density at radius 2 is 2.16 bits per heavy atom. The molecule has 4 N–H and O–H groups in total. The molecule has 1 unspecified atom stereocenters. The zero-order valence-corrected chi connectivity index (χ0v) is 16.8. The highest BCUT2D eigenvalue weighted by Crippen LogP contribution is 2.38. The van der Waals surface area contributed by atoms with Crippen molar-refractivity contribution in [2.45, 2.75) is 25.9 Å². The molecule has 3 aromatic rings. The molecule has 164 valence electrons. The van der Waals surface area contributed by atoms with Crippen LogP contribution in [0.1, 0.15) is 28.4 Å². The van der Waals surface area contributed by atoms with Gasteiger partial charge in [0.15, 0.2) is 6.10 Å². The summed E-state index contributed by atoms with van der Waals surface area (Å²) in [5, 5.41) is 13.1. The van der Waals surface area contributed by atoms with Crippen molar-refractivity contribution in [1.29, 1.82) is 0 Å². The Labute approximate surface area is 179 Å². The maximum atomic E-state index is 14.2. The Morgan fingerprint density at radius 1 is 1.38 bits per heavy atom. The molecular formula is C21H17FN4O6. The van der Waals surface area contributed by atoms with E-state index >= 15 is 0 Å². The maximum Gasteiger partial charge on any atom is 0.407 e. The van der Waals surface area contributed by atoms with Gasteiger partial charge in [-0.05, 0) is 12.1 Å². The summed E-state index contributed by atoms with van der Waals surface area (Å²) >= 11 is 0. The van der Waals surface area contributed by atoms with E-state index in [1.165, 1.54) is 29.8 Å². The van der Waals surface area contributed by atoms with Gasteiger partial charge in [-0.3, -0.25) is 4.79 Å². The van der Waals surface area contributed by atoms with E-state index in [0.29, 0.717) is 27.9 Å². The lowest BCUT2D eigenvalue weighted by molar-refractivity contribution is -0.157. The number of nitrogens with two attached hydrogens (primary N) is 1. The molecule has 1 aromatic carbocycles. The fourth-order valence-electron chi connectivity index (χ4n) is 4.12. The number of alkyl carbamates (subject to hydrolysis) is 1. The van der Waals surface area contributed by atoms with E-state index in [-0.39, 0.29) is 42.1 Å². The number of amides is 1. The van der Waals surface area contributed by atoms with Crippen LogP contribution < -0.4 is 16.6 Å². The van der Waals surface area contributed by atoms with Crippen molar-refractivity contribution >= 4 is 28.7 Å². The number of anilines is 1. The summed E-state index contributed by atoms with van der Waals surface area (Å²) < 4.78 is 25.7. The number of esters is 1. The lowest BCUT2D eigenvalue weighted by Gasteiger charge is -2.21. The predicted molar refractivity (Wildman–Crippen MR) is 109 cm³/mol. The van der Waals surface area contributed by atoms with Crippen LogP contribution >= 0.6 is 0 Å². The molecule has 0 radical (unpaired) electrons. The molecule has 0 aliphatic carbocycles. The first-order chi connectivity index (χ1) is 15.3. The van der Waals surface area contributed by atoms with E-state index in [4.69, 9.17) is 15.2 Å². The molecule has 0 spiro atoms. The summed E-state index contributed by atoms with van der Waals surface area (Å²) in [7, 11) is 1.42. The summed E-state index contributed by atoms with van der Waals surface area (Å²) in [5.74, 6) is -1.51. The molecule has 1 atom stereocenters. The molecule has 0 bridgehead atoms. The number of carbonyl (C=O) groups excluding carboxylic acids is 2. The lowest BCUT2D eigenvalue weighted by atomic mass is 9.98. The van der Waals surface area contributed by atoms with Crippen LogP contribution in [-0.2, 0) is 34.0 Å².